The molecule has 0 fully saturated rings. The van der Waals surface area contributed by atoms with E-state index in [1.54, 1.807) is 17.5 Å². The average molecular weight is 511 g/mol. The third kappa shape index (κ3) is 3.72. The van der Waals surface area contributed by atoms with Crippen molar-refractivity contribution in [1.82, 2.24) is 4.98 Å². The van der Waals surface area contributed by atoms with Crippen molar-refractivity contribution in [2.75, 3.05) is 4.90 Å². The molecule has 4 aromatic carbocycles. The number of hydrogen-bond donors (Lipinski definition) is 1. The molecule has 1 unspecified atom stereocenters. The third-order valence-electron chi connectivity index (χ3n) is 7.03. The molecular formula is C33H22N2O2S. The van der Waals surface area contributed by atoms with Crippen molar-refractivity contribution in [2.45, 2.75) is 6.10 Å². The van der Waals surface area contributed by atoms with E-state index in [0.717, 1.165) is 42.9 Å². The monoisotopic (exact) mass is 510 g/mol. The minimum atomic E-state index is -0.947. The van der Waals surface area contributed by atoms with Crippen LogP contribution in [-0.4, -0.2) is 15.9 Å². The van der Waals surface area contributed by atoms with E-state index in [2.05, 4.69) is 40.2 Å². The van der Waals surface area contributed by atoms with E-state index in [1.165, 1.54) is 0 Å². The summed E-state index contributed by atoms with van der Waals surface area (Å²) in [5.41, 5.74) is 2.67. The van der Waals surface area contributed by atoms with Crippen molar-refractivity contribution in [2.24, 2.45) is 0 Å². The number of hydrogen-bond acceptors (Lipinski definition) is 5. The Morgan fingerprint density at radius 2 is 1.53 bits per heavy atom. The van der Waals surface area contributed by atoms with Crippen molar-refractivity contribution in [3.8, 4) is 0 Å². The molecule has 0 aliphatic heterocycles. The summed E-state index contributed by atoms with van der Waals surface area (Å²) in [6.45, 7) is 0. The highest BCUT2D eigenvalue weighted by atomic mass is 32.1. The standard InChI is InChI=1S/C33H22N2O2S/c36-32-26-18-22-9-1-2-10-23(22)19-27(26)33(37)28(32)20-24-15-16-31(38-24)35(30-14-5-6-17-34-30)29-13-7-11-21-8-3-4-12-25(21)29/h1-20,32,36H/b28-20-. The van der Waals surface area contributed by atoms with Crippen LogP contribution in [0.25, 0.3) is 27.6 Å². The number of ketones is 1. The fourth-order valence-corrected chi connectivity index (χ4v) is 6.19. The maximum absolute atomic E-state index is 13.3. The summed E-state index contributed by atoms with van der Waals surface area (Å²) in [6.07, 6.45) is 2.67. The summed E-state index contributed by atoms with van der Waals surface area (Å²) in [6, 6.07) is 36.2. The Hall–Kier alpha value is -4.58. The number of carbonyl (C=O) groups excluding carboxylic acids is 1. The Balaban J connectivity index is 1.31. The molecule has 1 atom stereocenters. The molecule has 2 aromatic heterocycles. The highest BCUT2D eigenvalue weighted by Gasteiger charge is 2.33. The molecule has 1 aliphatic rings. The first-order valence-corrected chi connectivity index (χ1v) is 13.2. The first-order chi connectivity index (χ1) is 18.7. The average Bonchev–Trinajstić information content (AvgIpc) is 3.51. The molecule has 38 heavy (non-hydrogen) atoms. The lowest BCUT2D eigenvalue weighted by Crippen LogP contribution is -2.10. The normalized spacial score (nSPS) is 15.9. The molecule has 5 heteroatoms. The van der Waals surface area contributed by atoms with Gasteiger partial charge in [-0.25, -0.2) is 4.98 Å². The van der Waals surface area contributed by atoms with Crippen LogP contribution in [0.2, 0.25) is 0 Å². The molecular weight excluding hydrogens is 488 g/mol. The second kappa shape index (κ2) is 9.06. The summed E-state index contributed by atoms with van der Waals surface area (Å²) in [4.78, 5) is 21.0. The maximum atomic E-state index is 13.3. The Morgan fingerprint density at radius 3 is 2.34 bits per heavy atom. The van der Waals surface area contributed by atoms with E-state index in [0.29, 0.717) is 16.7 Å². The molecule has 2 heterocycles. The maximum Gasteiger partial charge on any atom is 0.192 e. The first-order valence-electron chi connectivity index (χ1n) is 12.4. The molecule has 0 spiro atoms. The Kier molecular flexibility index (Phi) is 5.39. The van der Waals surface area contributed by atoms with Gasteiger partial charge in [0.15, 0.2) is 5.78 Å². The van der Waals surface area contributed by atoms with Gasteiger partial charge in [0.1, 0.15) is 16.9 Å². The predicted octanol–water partition coefficient (Wildman–Crippen LogP) is 8.23. The number of carbonyl (C=O) groups is 1. The second-order valence-electron chi connectivity index (χ2n) is 9.32. The van der Waals surface area contributed by atoms with E-state index in [-0.39, 0.29) is 5.78 Å². The van der Waals surface area contributed by atoms with E-state index in [9.17, 15) is 9.90 Å². The van der Waals surface area contributed by atoms with Gasteiger partial charge >= 0.3 is 0 Å². The molecule has 4 nitrogen and oxygen atoms in total. The zero-order chi connectivity index (χ0) is 25.6. The number of Topliss-reactive ketones (excluding diaryl/α,β-unsaturated/α-hetero) is 1. The number of nitrogens with zero attached hydrogens (tertiary/aromatic N) is 2. The molecule has 1 N–H and O–H groups in total. The summed E-state index contributed by atoms with van der Waals surface area (Å²) >= 11 is 1.56. The van der Waals surface area contributed by atoms with Gasteiger partial charge in [-0.3, -0.25) is 9.69 Å². The zero-order valence-electron chi connectivity index (χ0n) is 20.3. The van der Waals surface area contributed by atoms with Crippen LogP contribution in [0.4, 0.5) is 16.5 Å². The van der Waals surface area contributed by atoms with Gasteiger partial charge in [-0.2, -0.15) is 0 Å². The fourth-order valence-electron chi connectivity index (χ4n) is 5.21. The molecule has 0 bridgehead atoms. The quantitative estimate of drug-likeness (QED) is 0.243. The fraction of sp³-hybridized carbons (Fsp3) is 0.0303. The van der Waals surface area contributed by atoms with E-state index < -0.39 is 6.10 Å². The predicted molar refractivity (Wildman–Crippen MR) is 156 cm³/mol. The molecule has 0 saturated heterocycles. The molecule has 0 saturated carbocycles. The van der Waals surface area contributed by atoms with Crippen LogP contribution < -0.4 is 4.90 Å². The highest BCUT2D eigenvalue weighted by molar-refractivity contribution is 7.17. The molecule has 0 amide bonds. The van der Waals surface area contributed by atoms with Crippen LogP contribution in [0.15, 0.2) is 121 Å². The number of pyridine rings is 1. The number of thiophene rings is 1. The zero-order valence-corrected chi connectivity index (χ0v) is 21.1. The highest BCUT2D eigenvalue weighted by Crippen LogP contribution is 2.43. The summed E-state index contributed by atoms with van der Waals surface area (Å²) < 4.78 is 0. The van der Waals surface area contributed by atoms with E-state index in [4.69, 9.17) is 0 Å². The van der Waals surface area contributed by atoms with Gasteiger partial charge in [0.05, 0.1) is 5.69 Å². The van der Waals surface area contributed by atoms with Crippen molar-refractivity contribution in [3.63, 3.8) is 0 Å². The third-order valence-corrected chi connectivity index (χ3v) is 8.05. The van der Waals surface area contributed by atoms with E-state index in [1.807, 2.05) is 84.9 Å². The first kappa shape index (κ1) is 22.6. The summed E-state index contributed by atoms with van der Waals surface area (Å²) in [5, 5.41) is 16.4. The van der Waals surface area contributed by atoms with Crippen LogP contribution in [-0.2, 0) is 0 Å². The number of fused-ring (bicyclic) bond motifs is 3. The van der Waals surface area contributed by atoms with Crippen LogP contribution in [0.1, 0.15) is 26.9 Å². The van der Waals surface area contributed by atoms with Gasteiger partial charge in [0.2, 0.25) is 0 Å². The molecule has 7 rings (SSSR count). The van der Waals surface area contributed by atoms with Gasteiger partial charge in [0, 0.05) is 27.6 Å². The van der Waals surface area contributed by atoms with Crippen LogP contribution in [0.3, 0.4) is 0 Å². The van der Waals surface area contributed by atoms with Crippen molar-refractivity contribution < 1.29 is 9.90 Å². The van der Waals surface area contributed by atoms with Gasteiger partial charge in [-0.1, -0.05) is 66.7 Å². The lowest BCUT2D eigenvalue weighted by molar-refractivity contribution is 0.102. The minimum Gasteiger partial charge on any atom is -0.383 e. The van der Waals surface area contributed by atoms with Gasteiger partial charge < -0.3 is 5.11 Å². The summed E-state index contributed by atoms with van der Waals surface area (Å²) in [7, 11) is 0. The Labute approximate surface area is 223 Å². The Bertz CT molecular complexity index is 1870. The van der Waals surface area contributed by atoms with Crippen molar-refractivity contribution in [1.29, 1.82) is 0 Å². The van der Waals surface area contributed by atoms with Crippen molar-refractivity contribution >= 4 is 61.2 Å². The minimum absolute atomic E-state index is 0.121. The van der Waals surface area contributed by atoms with Crippen LogP contribution in [0, 0.1) is 0 Å². The molecule has 0 radical (unpaired) electrons. The summed E-state index contributed by atoms with van der Waals surface area (Å²) in [5.74, 6) is 0.685. The topological polar surface area (TPSA) is 53.4 Å². The van der Waals surface area contributed by atoms with Crippen molar-refractivity contribution in [3.05, 3.63) is 137 Å². The number of anilines is 3. The lowest BCUT2D eigenvalue weighted by Gasteiger charge is -2.23. The van der Waals surface area contributed by atoms with Crippen LogP contribution >= 0.6 is 11.3 Å². The van der Waals surface area contributed by atoms with Gasteiger partial charge in [-0.05, 0) is 70.3 Å². The molecule has 182 valence electrons. The van der Waals surface area contributed by atoms with E-state index >= 15 is 0 Å². The van der Waals surface area contributed by atoms with Gasteiger partial charge in [-0.15, -0.1) is 11.3 Å². The molecule has 1 aliphatic carbocycles. The second-order valence-corrected chi connectivity index (χ2v) is 10.4. The largest absolute Gasteiger partial charge is 0.383 e. The number of aromatic nitrogens is 1. The number of aliphatic hydroxyl groups excluding tert-OH is 1. The number of benzene rings is 4. The lowest BCUT2D eigenvalue weighted by atomic mass is 10.0. The smallest absolute Gasteiger partial charge is 0.192 e. The van der Waals surface area contributed by atoms with Gasteiger partial charge in [0.25, 0.3) is 0 Å². The Morgan fingerprint density at radius 1 is 0.789 bits per heavy atom. The number of aliphatic hydroxyl groups is 1. The van der Waals surface area contributed by atoms with Crippen LogP contribution in [0.5, 0.6) is 0 Å². The SMILES string of the molecule is O=C1/C(=C\c2ccc(N(c3ccccn3)c3cccc4ccccc34)s2)C(O)c2cc3ccccc3cc21. The molecule has 6 aromatic rings. The number of rotatable bonds is 4.